The fraction of sp³-hybridized carbons (Fsp3) is 0.583. The van der Waals surface area contributed by atoms with Crippen LogP contribution in [0.2, 0.25) is 0 Å². The number of carbonyl (C=O) groups is 2. The largest absolute Gasteiger partial charge is 0.480 e. The number of ether oxygens (including phenoxy) is 1. The molecule has 2 aliphatic rings. The van der Waals surface area contributed by atoms with Crippen molar-refractivity contribution in [1.29, 1.82) is 0 Å². The molecule has 8 nitrogen and oxygen atoms in total. The highest BCUT2D eigenvalue weighted by molar-refractivity contribution is 5.90. The molecule has 1 saturated heterocycles. The number of aromatic nitrogens is 2. The Morgan fingerprint density at radius 3 is 3.05 bits per heavy atom. The van der Waals surface area contributed by atoms with Crippen molar-refractivity contribution in [2.75, 3.05) is 13.2 Å². The van der Waals surface area contributed by atoms with Crippen LogP contribution in [0.1, 0.15) is 17.8 Å². The number of fused-ring (bicyclic) bond motifs is 1. The summed E-state index contributed by atoms with van der Waals surface area (Å²) in [7, 11) is 0. The molecule has 108 valence electrons. The molecular formula is C12H16N4O4. The van der Waals surface area contributed by atoms with E-state index in [0.717, 1.165) is 5.69 Å². The summed E-state index contributed by atoms with van der Waals surface area (Å²) >= 11 is 0. The van der Waals surface area contributed by atoms with Gasteiger partial charge in [0, 0.05) is 13.0 Å². The van der Waals surface area contributed by atoms with Crippen molar-refractivity contribution in [3.8, 4) is 0 Å². The van der Waals surface area contributed by atoms with Crippen LogP contribution < -0.4 is 5.73 Å². The van der Waals surface area contributed by atoms with Gasteiger partial charge in [0.1, 0.15) is 11.6 Å². The molecular weight excluding hydrogens is 264 g/mol. The molecule has 3 heterocycles. The first-order valence-corrected chi connectivity index (χ1v) is 6.43. The van der Waals surface area contributed by atoms with Crippen LogP contribution in [0.25, 0.3) is 0 Å². The number of amides is 1. The van der Waals surface area contributed by atoms with E-state index in [4.69, 9.17) is 10.5 Å². The summed E-state index contributed by atoms with van der Waals surface area (Å²) in [5, 5.41) is 9.34. The molecule has 0 aliphatic carbocycles. The van der Waals surface area contributed by atoms with Gasteiger partial charge in [-0.05, 0) is 6.42 Å². The van der Waals surface area contributed by atoms with Gasteiger partial charge < -0.3 is 25.5 Å². The van der Waals surface area contributed by atoms with Gasteiger partial charge in [-0.1, -0.05) is 0 Å². The molecule has 1 aromatic heterocycles. The standard InChI is InChI=1S/C12H16N4O4/c13-12(1-2-20-5-12)11(19)16-4-8-7(14-6-15-8)3-9(16)10(17)18/h6,9H,1-5,13H2,(H,14,15)(H,17,18). The minimum absolute atomic E-state index is 0.129. The molecule has 4 N–H and O–H groups in total. The smallest absolute Gasteiger partial charge is 0.326 e. The summed E-state index contributed by atoms with van der Waals surface area (Å²) in [4.78, 5) is 32.3. The van der Waals surface area contributed by atoms with E-state index < -0.39 is 17.6 Å². The average Bonchev–Trinajstić information content (AvgIpc) is 3.05. The summed E-state index contributed by atoms with van der Waals surface area (Å²) < 4.78 is 5.18. The Morgan fingerprint density at radius 2 is 2.40 bits per heavy atom. The number of aromatic amines is 1. The lowest BCUT2D eigenvalue weighted by molar-refractivity contribution is -0.154. The van der Waals surface area contributed by atoms with E-state index in [0.29, 0.717) is 18.7 Å². The molecule has 1 fully saturated rings. The minimum Gasteiger partial charge on any atom is -0.480 e. The first kappa shape index (κ1) is 13.1. The fourth-order valence-electron chi connectivity index (χ4n) is 2.71. The number of carboxylic acid groups (broad SMARTS) is 1. The van der Waals surface area contributed by atoms with Crippen LogP contribution >= 0.6 is 0 Å². The van der Waals surface area contributed by atoms with Crippen LogP contribution in [0.3, 0.4) is 0 Å². The van der Waals surface area contributed by atoms with E-state index in [1.807, 2.05) is 0 Å². The Balaban J connectivity index is 1.90. The lowest BCUT2D eigenvalue weighted by Gasteiger charge is -2.36. The molecule has 0 bridgehead atoms. The molecule has 0 spiro atoms. The predicted octanol–water partition coefficient (Wildman–Crippen LogP) is -1.13. The lowest BCUT2D eigenvalue weighted by atomic mass is 9.94. The Kier molecular flexibility index (Phi) is 2.98. The number of rotatable bonds is 2. The quantitative estimate of drug-likeness (QED) is 0.630. The van der Waals surface area contributed by atoms with Crippen molar-refractivity contribution in [1.82, 2.24) is 14.9 Å². The number of hydrogen-bond donors (Lipinski definition) is 3. The Labute approximate surface area is 114 Å². The van der Waals surface area contributed by atoms with Crippen LogP contribution in [0.5, 0.6) is 0 Å². The molecule has 1 amide bonds. The maximum Gasteiger partial charge on any atom is 0.326 e. The SMILES string of the molecule is NC1(C(=O)N2Cc3[nH]cnc3CC2C(=O)O)CCOC1. The van der Waals surface area contributed by atoms with E-state index in [1.54, 1.807) is 0 Å². The van der Waals surface area contributed by atoms with Gasteiger partial charge in [0.2, 0.25) is 5.91 Å². The molecule has 1 aromatic rings. The van der Waals surface area contributed by atoms with Gasteiger partial charge in [0.15, 0.2) is 0 Å². The second-order valence-electron chi connectivity index (χ2n) is 5.28. The van der Waals surface area contributed by atoms with Crippen molar-refractivity contribution in [2.24, 2.45) is 5.73 Å². The Bertz CT molecular complexity index is 549. The second-order valence-corrected chi connectivity index (χ2v) is 5.28. The molecule has 2 aliphatic heterocycles. The third-order valence-corrected chi connectivity index (χ3v) is 3.92. The van der Waals surface area contributed by atoms with E-state index in [2.05, 4.69) is 9.97 Å². The summed E-state index contributed by atoms with van der Waals surface area (Å²) in [6, 6.07) is -0.931. The molecule has 2 unspecified atom stereocenters. The van der Waals surface area contributed by atoms with Crippen molar-refractivity contribution in [3.05, 3.63) is 17.7 Å². The summed E-state index contributed by atoms with van der Waals surface area (Å²) in [6.07, 6.45) is 2.11. The highest BCUT2D eigenvalue weighted by Gasteiger charge is 2.46. The Morgan fingerprint density at radius 1 is 1.60 bits per heavy atom. The fourth-order valence-corrected chi connectivity index (χ4v) is 2.71. The number of nitrogens with two attached hydrogens (primary N) is 1. The molecule has 0 radical (unpaired) electrons. The number of imidazole rings is 1. The third kappa shape index (κ3) is 1.97. The highest BCUT2D eigenvalue weighted by atomic mass is 16.5. The highest BCUT2D eigenvalue weighted by Crippen LogP contribution is 2.26. The van der Waals surface area contributed by atoms with Crippen molar-refractivity contribution < 1.29 is 19.4 Å². The van der Waals surface area contributed by atoms with Crippen molar-refractivity contribution >= 4 is 11.9 Å². The van der Waals surface area contributed by atoms with Crippen LogP contribution in [0, 0.1) is 0 Å². The van der Waals surface area contributed by atoms with Gasteiger partial charge in [-0.15, -0.1) is 0 Å². The van der Waals surface area contributed by atoms with Gasteiger partial charge in [-0.25, -0.2) is 9.78 Å². The van der Waals surface area contributed by atoms with Crippen LogP contribution in [-0.4, -0.2) is 56.6 Å². The second kappa shape index (κ2) is 4.57. The molecule has 0 aromatic carbocycles. The molecule has 3 rings (SSSR count). The van der Waals surface area contributed by atoms with Crippen LogP contribution in [0.4, 0.5) is 0 Å². The topological polar surface area (TPSA) is 122 Å². The number of H-pyrrole nitrogens is 1. The monoisotopic (exact) mass is 280 g/mol. The predicted molar refractivity (Wildman–Crippen MR) is 66.6 cm³/mol. The van der Waals surface area contributed by atoms with Crippen molar-refractivity contribution in [3.63, 3.8) is 0 Å². The van der Waals surface area contributed by atoms with Gasteiger partial charge in [0.25, 0.3) is 0 Å². The van der Waals surface area contributed by atoms with E-state index in [-0.39, 0.29) is 25.5 Å². The van der Waals surface area contributed by atoms with E-state index >= 15 is 0 Å². The van der Waals surface area contributed by atoms with Gasteiger partial charge in [-0.3, -0.25) is 4.79 Å². The molecule has 0 saturated carbocycles. The van der Waals surface area contributed by atoms with Gasteiger partial charge >= 0.3 is 5.97 Å². The summed E-state index contributed by atoms with van der Waals surface area (Å²) in [5.74, 6) is -1.42. The number of hydrogen-bond acceptors (Lipinski definition) is 5. The maximum atomic E-state index is 12.6. The number of carboxylic acids is 1. The first-order valence-electron chi connectivity index (χ1n) is 6.43. The van der Waals surface area contributed by atoms with E-state index in [9.17, 15) is 14.7 Å². The molecule has 2 atom stereocenters. The maximum absolute atomic E-state index is 12.6. The normalized spacial score (nSPS) is 29.2. The summed E-state index contributed by atoms with van der Waals surface area (Å²) in [5.41, 5.74) is 6.39. The number of nitrogens with one attached hydrogen (secondary N) is 1. The third-order valence-electron chi connectivity index (χ3n) is 3.92. The van der Waals surface area contributed by atoms with Crippen LogP contribution in [0.15, 0.2) is 6.33 Å². The zero-order valence-electron chi connectivity index (χ0n) is 10.8. The van der Waals surface area contributed by atoms with Gasteiger partial charge in [-0.2, -0.15) is 0 Å². The molecule has 8 heteroatoms. The van der Waals surface area contributed by atoms with Crippen molar-refractivity contribution in [2.45, 2.75) is 31.0 Å². The summed E-state index contributed by atoms with van der Waals surface area (Å²) in [6.45, 7) is 0.734. The van der Waals surface area contributed by atoms with Crippen LogP contribution in [-0.2, 0) is 27.3 Å². The van der Waals surface area contributed by atoms with Gasteiger partial charge in [0.05, 0.1) is 30.9 Å². The van der Waals surface area contributed by atoms with E-state index in [1.165, 1.54) is 11.2 Å². The number of carbonyl (C=O) groups excluding carboxylic acids is 1. The number of aliphatic carboxylic acids is 1. The molecule has 20 heavy (non-hydrogen) atoms. The zero-order valence-corrected chi connectivity index (χ0v) is 10.8. The zero-order chi connectivity index (χ0) is 14.3. The number of nitrogens with zero attached hydrogens (tertiary/aromatic N) is 2. The minimum atomic E-state index is -1.12. The lowest BCUT2D eigenvalue weighted by Crippen LogP contribution is -2.60. The average molecular weight is 280 g/mol. The first-order chi connectivity index (χ1) is 9.51. The Hall–Kier alpha value is -1.93.